The molecule has 0 radical (unpaired) electrons. The van der Waals surface area contributed by atoms with Crippen LogP contribution in [0.15, 0.2) is 24.3 Å². The number of carbonyl (C=O) groups excluding carboxylic acids is 2. The zero-order valence-electron chi connectivity index (χ0n) is 15.4. The van der Waals surface area contributed by atoms with E-state index < -0.39 is 0 Å². The lowest BCUT2D eigenvalue weighted by atomic mass is 9.75. The average molecular weight is 344 g/mol. The first-order valence-corrected chi connectivity index (χ1v) is 9.48. The fourth-order valence-electron chi connectivity index (χ4n) is 4.34. The minimum absolute atomic E-state index is 0.0299. The maximum absolute atomic E-state index is 12.4. The molecule has 2 fully saturated rings. The van der Waals surface area contributed by atoms with Gasteiger partial charge in [0.05, 0.1) is 13.1 Å². The zero-order chi connectivity index (χ0) is 17.8. The van der Waals surface area contributed by atoms with Gasteiger partial charge in [0.15, 0.2) is 6.54 Å². The van der Waals surface area contributed by atoms with Crippen molar-refractivity contribution in [1.29, 1.82) is 0 Å². The first-order valence-electron chi connectivity index (χ1n) is 9.48. The van der Waals surface area contributed by atoms with E-state index >= 15 is 0 Å². The molecule has 1 saturated heterocycles. The van der Waals surface area contributed by atoms with Crippen molar-refractivity contribution in [3.8, 4) is 0 Å². The van der Waals surface area contributed by atoms with Gasteiger partial charge in [-0.3, -0.25) is 9.59 Å². The summed E-state index contributed by atoms with van der Waals surface area (Å²) >= 11 is 0. The third kappa shape index (κ3) is 4.60. The van der Waals surface area contributed by atoms with Crippen LogP contribution in [0.5, 0.6) is 0 Å². The molecule has 1 saturated carbocycles. The molecule has 25 heavy (non-hydrogen) atoms. The molecule has 5 heteroatoms. The smallest absolute Gasteiger partial charge is 0.279 e. The average Bonchev–Trinajstić information content (AvgIpc) is 2.61. The molecule has 1 unspecified atom stereocenters. The predicted octanol–water partition coefficient (Wildman–Crippen LogP) is 1.42. The number of quaternary nitrogens is 1. The minimum atomic E-state index is -0.0299. The van der Waals surface area contributed by atoms with E-state index in [1.807, 2.05) is 0 Å². The van der Waals surface area contributed by atoms with Gasteiger partial charge in [0.25, 0.3) is 11.8 Å². The number of amides is 2. The summed E-state index contributed by atoms with van der Waals surface area (Å²) in [4.78, 5) is 27.2. The second-order valence-corrected chi connectivity index (χ2v) is 7.80. The number of nitrogens with one attached hydrogen (secondary N) is 2. The Kier molecular flexibility index (Phi) is 5.74. The van der Waals surface area contributed by atoms with Gasteiger partial charge in [0.2, 0.25) is 0 Å². The second-order valence-electron chi connectivity index (χ2n) is 7.80. The molecule has 5 nitrogen and oxygen atoms in total. The lowest BCUT2D eigenvalue weighted by molar-refractivity contribution is -0.902. The van der Waals surface area contributed by atoms with Gasteiger partial charge < -0.3 is 15.1 Å². The Hall–Kier alpha value is -1.88. The van der Waals surface area contributed by atoms with Crippen LogP contribution in [0.4, 0.5) is 5.69 Å². The van der Waals surface area contributed by atoms with Crippen molar-refractivity contribution in [2.24, 2.45) is 11.8 Å². The summed E-state index contributed by atoms with van der Waals surface area (Å²) in [6.07, 6.45) is 6.76. The highest BCUT2D eigenvalue weighted by atomic mass is 16.2. The summed E-state index contributed by atoms with van der Waals surface area (Å²) in [6.45, 7) is 2.81. The molecule has 1 aliphatic heterocycles. The summed E-state index contributed by atoms with van der Waals surface area (Å²) in [6, 6.07) is 7.13. The number of anilines is 1. The Labute approximate surface area is 150 Å². The molecule has 1 aromatic rings. The molecule has 0 bridgehead atoms. The maximum Gasteiger partial charge on any atom is 0.279 e. The highest BCUT2D eigenvalue weighted by Crippen LogP contribution is 2.32. The van der Waals surface area contributed by atoms with Crippen LogP contribution in [-0.4, -0.2) is 50.4 Å². The van der Waals surface area contributed by atoms with E-state index in [0.717, 1.165) is 30.6 Å². The Morgan fingerprint density at radius 3 is 2.44 bits per heavy atom. The van der Waals surface area contributed by atoms with E-state index in [0.29, 0.717) is 12.1 Å². The predicted molar refractivity (Wildman–Crippen MR) is 98.7 cm³/mol. The standard InChI is InChI=1S/C20H29N3O2/c1-22(2)20(25)16-7-9-18(10-8-16)21-19(24)14-23-12-11-15-5-3-4-6-17(15)13-23/h7-10,15,17H,3-6,11-14H2,1-2H3,(H,21,24)/p+1/t15-,17+/m0/s1. The number of rotatable bonds is 4. The molecular weight excluding hydrogens is 314 g/mol. The van der Waals surface area contributed by atoms with E-state index in [1.165, 1.54) is 37.0 Å². The highest BCUT2D eigenvalue weighted by molar-refractivity contribution is 5.95. The largest absolute Gasteiger partial charge is 0.345 e. The number of nitrogens with zero attached hydrogens (tertiary/aromatic N) is 1. The van der Waals surface area contributed by atoms with Gasteiger partial charge in [-0.1, -0.05) is 12.8 Å². The molecule has 3 rings (SSSR count). The van der Waals surface area contributed by atoms with Crippen molar-refractivity contribution < 1.29 is 14.5 Å². The fourth-order valence-corrected chi connectivity index (χ4v) is 4.34. The fraction of sp³-hybridized carbons (Fsp3) is 0.600. The molecule has 2 aliphatic rings. The highest BCUT2D eigenvalue weighted by Gasteiger charge is 2.34. The summed E-state index contributed by atoms with van der Waals surface area (Å²) < 4.78 is 0. The van der Waals surface area contributed by atoms with Gasteiger partial charge in [-0.25, -0.2) is 0 Å². The van der Waals surface area contributed by atoms with E-state index in [-0.39, 0.29) is 11.8 Å². The van der Waals surface area contributed by atoms with E-state index in [1.54, 1.807) is 43.3 Å². The number of carbonyl (C=O) groups is 2. The van der Waals surface area contributed by atoms with Gasteiger partial charge in [-0.15, -0.1) is 0 Å². The number of hydrogen-bond acceptors (Lipinski definition) is 2. The van der Waals surface area contributed by atoms with Crippen molar-refractivity contribution in [2.45, 2.75) is 32.1 Å². The minimum Gasteiger partial charge on any atom is -0.345 e. The first-order chi connectivity index (χ1) is 12.0. The number of hydrogen-bond donors (Lipinski definition) is 2. The van der Waals surface area contributed by atoms with Gasteiger partial charge in [0.1, 0.15) is 0 Å². The molecule has 1 aliphatic carbocycles. The van der Waals surface area contributed by atoms with Crippen LogP contribution in [0, 0.1) is 11.8 Å². The number of piperidine rings is 1. The normalized spacial score (nSPS) is 25.8. The topological polar surface area (TPSA) is 53.9 Å². The van der Waals surface area contributed by atoms with Crippen LogP contribution < -0.4 is 10.2 Å². The number of likely N-dealkylation sites (tertiary alicyclic amines) is 1. The third-order valence-corrected chi connectivity index (χ3v) is 5.72. The maximum atomic E-state index is 12.4. The molecule has 3 atom stereocenters. The van der Waals surface area contributed by atoms with Crippen molar-refractivity contribution in [3.05, 3.63) is 29.8 Å². The van der Waals surface area contributed by atoms with Crippen LogP contribution in [0.3, 0.4) is 0 Å². The van der Waals surface area contributed by atoms with Crippen LogP contribution in [0.1, 0.15) is 42.5 Å². The van der Waals surface area contributed by atoms with Gasteiger partial charge in [-0.05, 0) is 49.4 Å². The van der Waals surface area contributed by atoms with E-state index in [9.17, 15) is 9.59 Å². The molecule has 2 amide bonds. The van der Waals surface area contributed by atoms with Crippen molar-refractivity contribution in [1.82, 2.24) is 4.90 Å². The van der Waals surface area contributed by atoms with Gasteiger partial charge in [-0.2, -0.15) is 0 Å². The Morgan fingerprint density at radius 1 is 1.08 bits per heavy atom. The van der Waals surface area contributed by atoms with Crippen molar-refractivity contribution >= 4 is 17.5 Å². The van der Waals surface area contributed by atoms with E-state index in [2.05, 4.69) is 5.32 Å². The Bertz CT molecular complexity index is 612. The summed E-state index contributed by atoms with van der Waals surface area (Å²) in [5, 5.41) is 2.97. The third-order valence-electron chi connectivity index (χ3n) is 5.72. The van der Waals surface area contributed by atoms with Crippen LogP contribution >= 0.6 is 0 Å². The van der Waals surface area contributed by atoms with Crippen molar-refractivity contribution in [3.63, 3.8) is 0 Å². The molecular formula is C20H30N3O2+. The van der Waals surface area contributed by atoms with Crippen LogP contribution in [0.25, 0.3) is 0 Å². The Balaban J connectivity index is 1.50. The first kappa shape index (κ1) is 17.9. The van der Waals surface area contributed by atoms with Crippen LogP contribution in [0.2, 0.25) is 0 Å². The quantitative estimate of drug-likeness (QED) is 0.868. The molecule has 0 aromatic heterocycles. The molecule has 0 spiro atoms. The lowest BCUT2D eigenvalue weighted by Gasteiger charge is -2.38. The van der Waals surface area contributed by atoms with Gasteiger partial charge in [0, 0.05) is 31.3 Å². The van der Waals surface area contributed by atoms with Crippen LogP contribution in [-0.2, 0) is 4.79 Å². The van der Waals surface area contributed by atoms with E-state index in [4.69, 9.17) is 0 Å². The zero-order valence-corrected chi connectivity index (χ0v) is 15.4. The molecule has 1 aromatic carbocycles. The lowest BCUT2D eigenvalue weighted by Crippen LogP contribution is -3.15. The number of benzene rings is 1. The second kappa shape index (κ2) is 8.00. The van der Waals surface area contributed by atoms with Gasteiger partial charge >= 0.3 is 0 Å². The summed E-state index contributed by atoms with van der Waals surface area (Å²) in [7, 11) is 3.46. The molecule has 1 heterocycles. The number of fused-ring (bicyclic) bond motifs is 1. The summed E-state index contributed by atoms with van der Waals surface area (Å²) in [5.41, 5.74) is 1.39. The van der Waals surface area contributed by atoms with Crippen molar-refractivity contribution in [2.75, 3.05) is 39.0 Å². The monoisotopic (exact) mass is 344 g/mol. The molecule has 2 N–H and O–H groups in total. The Morgan fingerprint density at radius 2 is 1.76 bits per heavy atom. The SMILES string of the molecule is CN(C)C(=O)c1ccc(NC(=O)C[NH+]2CC[C@@H]3CCCC[C@@H]3C2)cc1. The molecule has 136 valence electrons. The summed E-state index contributed by atoms with van der Waals surface area (Å²) in [5.74, 6) is 1.76.